The van der Waals surface area contributed by atoms with Crippen molar-refractivity contribution in [2.24, 2.45) is 17.8 Å². The molecule has 0 rings (SSSR count). The Balaban J connectivity index is 4.99. The third kappa shape index (κ3) is 8.37. The molecule has 0 aromatic rings. The molecule has 0 radical (unpaired) electrons. The molecule has 21 heavy (non-hydrogen) atoms. The first kappa shape index (κ1) is 21.1. The minimum Gasteiger partial charge on any atom is -0.420 e. The first-order valence-electron chi connectivity index (χ1n) is 8.85. The van der Waals surface area contributed by atoms with E-state index in [2.05, 4.69) is 41.5 Å². The van der Waals surface area contributed by atoms with E-state index in [9.17, 15) is 0 Å². The Labute approximate surface area is 136 Å². The van der Waals surface area contributed by atoms with Crippen LogP contribution in [0.25, 0.3) is 0 Å². The molecule has 0 bridgehead atoms. The quantitative estimate of drug-likeness (QED) is 0.498. The summed E-state index contributed by atoms with van der Waals surface area (Å²) >= 11 is 0. The second-order valence-electron chi connectivity index (χ2n) is 7.83. The van der Waals surface area contributed by atoms with Crippen molar-refractivity contribution in [3.05, 3.63) is 0 Å². The van der Waals surface area contributed by atoms with Gasteiger partial charge in [-0.25, -0.2) is 0 Å². The molecule has 0 aromatic carbocycles. The lowest BCUT2D eigenvalue weighted by molar-refractivity contribution is -0.0916. The van der Waals surface area contributed by atoms with Crippen LogP contribution in [0.4, 0.5) is 0 Å². The van der Waals surface area contributed by atoms with E-state index < -0.39 is 0 Å². The molecule has 3 heteroatoms. The maximum absolute atomic E-state index is 6.24. The average Bonchev–Trinajstić information content (AvgIpc) is 2.41. The van der Waals surface area contributed by atoms with Gasteiger partial charge in [-0.1, -0.05) is 41.5 Å². The van der Waals surface area contributed by atoms with E-state index in [0.717, 1.165) is 47.5 Å². The molecule has 0 heterocycles. The molecule has 0 N–H and O–H groups in total. The topological polar surface area (TPSA) is 18.5 Å². The van der Waals surface area contributed by atoms with E-state index in [-0.39, 0.29) is 11.7 Å². The fourth-order valence-electron chi connectivity index (χ4n) is 2.93. The monoisotopic (exact) mass is 316 g/mol. The van der Waals surface area contributed by atoms with Crippen LogP contribution in [0.5, 0.6) is 0 Å². The van der Waals surface area contributed by atoms with Crippen LogP contribution >= 0.6 is 0 Å². The zero-order valence-corrected chi connectivity index (χ0v) is 17.9. The van der Waals surface area contributed by atoms with Gasteiger partial charge in [0.05, 0.1) is 11.7 Å². The Morgan fingerprint density at radius 1 is 0.762 bits per heavy atom. The molecule has 0 saturated carbocycles. The van der Waals surface area contributed by atoms with Gasteiger partial charge in [0.15, 0.2) is 0 Å². The first-order chi connectivity index (χ1) is 9.77. The lowest BCUT2D eigenvalue weighted by Crippen LogP contribution is -2.46. The number of hydrogen-bond donors (Lipinski definition) is 0. The van der Waals surface area contributed by atoms with Crippen molar-refractivity contribution >= 4 is 10.5 Å². The molecular weight excluding hydrogens is 276 g/mol. The number of hydrogen-bond acceptors (Lipinski definition) is 2. The summed E-state index contributed by atoms with van der Waals surface area (Å²) in [6.45, 7) is 13.8. The summed E-state index contributed by atoms with van der Waals surface area (Å²) in [5, 5.41) is 0. The summed E-state index contributed by atoms with van der Waals surface area (Å²) in [6.07, 6.45) is 7.30. The Morgan fingerprint density at radius 2 is 1.19 bits per heavy atom. The summed E-state index contributed by atoms with van der Waals surface area (Å²) < 4.78 is 12.2. The largest absolute Gasteiger partial charge is 0.420 e. The van der Waals surface area contributed by atoms with Crippen LogP contribution < -0.4 is 0 Å². The van der Waals surface area contributed by atoms with Gasteiger partial charge in [0, 0.05) is 7.11 Å². The summed E-state index contributed by atoms with van der Waals surface area (Å²) in [6, 6.07) is 0. The van der Waals surface area contributed by atoms with Crippen molar-refractivity contribution in [2.45, 2.75) is 91.8 Å². The predicted octanol–water partition coefficient (Wildman–Crippen LogP) is 4.35. The van der Waals surface area contributed by atoms with Gasteiger partial charge in [-0.3, -0.25) is 0 Å². The van der Waals surface area contributed by atoms with Gasteiger partial charge < -0.3 is 9.16 Å². The van der Waals surface area contributed by atoms with E-state index in [0.29, 0.717) is 0 Å². The highest BCUT2D eigenvalue weighted by molar-refractivity contribution is 5.98. The van der Waals surface area contributed by atoms with Crippen LogP contribution in [0.1, 0.15) is 80.1 Å². The van der Waals surface area contributed by atoms with Crippen molar-refractivity contribution in [1.82, 2.24) is 0 Å². The van der Waals surface area contributed by atoms with Gasteiger partial charge in [-0.05, 0) is 56.3 Å². The van der Waals surface area contributed by atoms with Gasteiger partial charge in [0.25, 0.3) is 0 Å². The number of rotatable bonds is 12. The van der Waals surface area contributed by atoms with E-state index in [1.165, 1.54) is 19.3 Å². The second-order valence-corrected chi connectivity index (χ2v) is 8.24. The smallest absolute Gasteiger partial charge is 0.146 e. The third-order valence-electron chi connectivity index (χ3n) is 4.57. The standard InChI is InChI=1S/C18H40O2Si/c1-14(2)8-9-17(19-7)18(20-21,12-10-15(3)4)13-11-16(5)6/h14-17H,8-13H2,1-7,21H3. The fraction of sp³-hybridized carbons (Fsp3) is 1.00. The molecule has 1 atom stereocenters. The fourth-order valence-corrected chi connectivity index (χ4v) is 3.60. The van der Waals surface area contributed by atoms with E-state index in [1.807, 2.05) is 7.11 Å². The highest BCUT2D eigenvalue weighted by Gasteiger charge is 2.38. The molecule has 0 aromatic heterocycles. The van der Waals surface area contributed by atoms with Gasteiger partial charge in [-0.2, -0.15) is 0 Å². The first-order valence-corrected chi connectivity index (χ1v) is 9.67. The molecule has 0 saturated heterocycles. The Morgan fingerprint density at radius 3 is 1.48 bits per heavy atom. The van der Waals surface area contributed by atoms with Gasteiger partial charge in [0.2, 0.25) is 0 Å². The van der Waals surface area contributed by atoms with Crippen LogP contribution in [0.3, 0.4) is 0 Å². The lowest BCUT2D eigenvalue weighted by atomic mass is 9.80. The lowest BCUT2D eigenvalue weighted by Gasteiger charge is -2.41. The molecule has 0 aliphatic carbocycles. The van der Waals surface area contributed by atoms with Crippen molar-refractivity contribution < 1.29 is 9.16 Å². The minimum absolute atomic E-state index is 0.0512. The maximum atomic E-state index is 6.24. The van der Waals surface area contributed by atoms with Gasteiger partial charge in [-0.15, -0.1) is 0 Å². The number of methoxy groups -OCH3 is 1. The van der Waals surface area contributed by atoms with E-state index >= 15 is 0 Å². The molecule has 0 spiro atoms. The molecule has 0 amide bonds. The van der Waals surface area contributed by atoms with Crippen LogP contribution in [0.15, 0.2) is 0 Å². The molecule has 2 nitrogen and oxygen atoms in total. The zero-order valence-electron chi connectivity index (χ0n) is 15.9. The van der Waals surface area contributed by atoms with Gasteiger partial charge in [0.1, 0.15) is 10.5 Å². The van der Waals surface area contributed by atoms with Crippen LogP contribution in [-0.4, -0.2) is 29.3 Å². The Kier molecular flexibility index (Phi) is 10.9. The molecule has 128 valence electrons. The zero-order chi connectivity index (χ0) is 16.5. The van der Waals surface area contributed by atoms with Crippen molar-refractivity contribution in [3.63, 3.8) is 0 Å². The molecule has 0 aliphatic rings. The molecule has 1 unspecified atom stereocenters. The molecule has 0 aliphatic heterocycles. The van der Waals surface area contributed by atoms with E-state index in [4.69, 9.17) is 9.16 Å². The van der Waals surface area contributed by atoms with E-state index in [1.54, 1.807) is 0 Å². The minimum atomic E-state index is -0.0512. The van der Waals surface area contributed by atoms with Crippen molar-refractivity contribution in [2.75, 3.05) is 7.11 Å². The summed E-state index contributed by atoms with van der Waals surface area (Å²) in [7, 11) is 2.66. The van der Waals surface area contributed by atoms with Crippen LogP contribution in [0, 0.1) is 17.8 Å². The van der Waals surface area contributed by atoms with Crippen LogP contribution in [-0.2, 0) is 9.16 Å². The van der Waals surface area contributed by atoms with Crippen LogP contribution in [0.2, 0.25) is 0 Å². The highest BCUT2D eigenvalue weighted by Crippen LogP contribution is 2.34. The number of ether oxygens (including phenoxy) is 1. The second kappa shape index (κ2) is 10.8. The maximum Gasteiger partial charge on any atom is 0.146 e. The summed E-state index contributed by atoms with van der Waals surface area (Å²) in [4.78, 5) is 0. The summed E-state index contributed by atoms with van der Waals surface area (Å²) in [5.41, 5.74) is -0.0512. The third-order valence-corrected chi connectivity index (χ3v) is 5.39. The predicted molar refractivity (Wildman–Crippen MR) is 96.8 cm³/mol. The van der Waals surface area contributed by atoms with Crippen molar-refractivity contribution in [1.29, 1.82) is 0 Å². The SMILES string of the molecule is COC(CCC(C)C)C(CCC(C)C)(CCC(C)C)O[SiH3]. The Hall–Kier alpha value is 0.137. The molecule has 0 fully saturated rings. The highest BCUT2D eigenvalue weighted by atomic mass is 28.2. The van der Waals surface area contributed by atoms with Crippen molar-refractivity contribution in [3.8, 4) is 0 Å². The normalized spacial score (nSPS) is 14.6. The average molecular weight is 317 g/mol. The molecular formula is C18H40O2Si. The van der Waals surface area contributed by atoms with Gasteiger partial charge >= 0.3 is 0 Å². The Bertz CT molecular complexity index is 240. The summed E-state index contributed by atoms with van der Waals surface area (Å²) in [5.74, 6) is 2.18.